The molecular weight excluding hydrogens is 501 g/mol. The summed E-state index contributed by atoms with van der Waals surface area (Å²) < 4.78 is 58.9. The molecule has 2 fully saturated rings. The van der Waals surface area contributed by atoms with Crippen molar-refractivity contribution in [1.29, 1.82) is 0 Å². The zero-order valence-electron chi connectivity index (χ0n) is 17.9. The standard InChI is InChI=1S/C18H23ClN4O3S.C2HF3O2/c19-14-4-1-5-15(11-14)27(25,26)23-9-6-18(7-10-23)17(24)21-16(22-18)13-3-2-8-20-12-13;3-2(4,5)1(6)7/h1,4-5,11,13,20H,2-3,6-10,12H2,(H,21,22,24);(H,6,7). The molecule has 0 aromatic heterocycles. The number of carbonyl (C=O) groups excluding carboxylic acids is 1. The minimum Gasteiger partial charge on any atom is -0.475 e. The molecule has 34 heavy (non-hydrogen) atoms. The van der Waals surface area contributed by atoms with Crippen molar-refractivity contribution in [3.63, 3.8) is 0 Å². The first-order valence-electron chi connectivity index (χ1n) is 10.5. The number of carboxylic acid groups (broad SMARTS) is 1. The number of alkyl halides is 3. The first-order chi connectivity index (χ1) is 15.8. The molecule has 188 valence electrons. The number of carboxylic acids is 1. The highest BCUT2D eigenvalue weighted by atomic mass is 35.5. The predicted octanol–water partition coefficient (Wildman–Crippen LogP) is 2.02. The quantitative estimate of drug-likeness (QED) is 0.555. The van der Waals surface area contributed by atoms with Crippen molar-refractivity contribution in [2.75, 3.05) is 26.2 Å². The first-order valence-corrected chi connectivity index (χ1v) is 12.3. The van der Waals surface area contributed by atoms with Gasteiger partial charge in [0.15, 0.2) is 0 Å². The van der Waals surface area contributed by atoms with E-state index in [0.717, 1.165) is 31.8 Å². The van der Waals surface area contributed by atoms with E-state index in [1.54, 1.807) is 18.2 Å². The van der Waals surface area contributed by atoms with Gasteiger partial charge >= 0.3 is 12.1 Å². The molecule has 1 aromatic rings. The molecule has 3 heterocycles. The van der Waals surface area contributed by atoms with Crippen LogP contribution < -0.4 is 10.6 Å². The number of hydrogen-bond acceptors (Lipinski definition) is 6. The van der Waals surface area contributed by atoms with E-state index >= 15 is 0 Å². The van der Waals surface area contributed by atoms with Crippen LogP contribution in [0.1, 0.15) is 25.7 Å². The number of carbonyl (C=O) groups is 2. The molecule has 0 bridgehead atoms. The van der Waals surface area contributed by atoms with Crippen LogP contribution in [-0.4, -0.2) is 73.4 Å². The van der Waals surface area contributed by atoms with E-state index in [9.17, 15) is 26.4 Å². The van der Waals surface area contributed by atoms with Crippen LogP contribution in [0.2, 0.25) is 5.02 Å². The highest BCUT2D eigenvalue weighted by Crippen LogP contribution is 2.34. The van der Waals surface area contributed by atoms with E-state index in [2.05, 4.69) is 10.6 Å². The molecule has 9 nitrogen and oxygen atoms in total. The van der Waals surface area contributed by atoms with Crippen LogP contribution in [0.15, 0.2) is 34.2 Å². The van der Waals surface area contributed by atoms with E-state index in [1.165, 1.54) is 10.4 Å². The Morgan fingerprint density at radius 2 is 1.91 bits per heavy atom. The molecule has 3 aliphatic heterocycles. The van der Waals surface area contributed by atoms with Gasteiger partial charge < -0.3 is 15.7 Å². The molecule has 0 saturated carbocycles. The number of aliphatic imine (C=N–C) groups is 1. The monoisotopic (exact) mass is 524 g/mol. The maximum Gasteiger partial charge on any atom is 0.490 e. The molecule has 4 rings (SSSR count). The average Bonchev–Trinajstić information content (AvgIpc) is 3.10. The Balaban J connectivity index is 0.000000406. The largest absolute Gasteiger partial charge is 0.490 e. The van der Waals surface area contributed by atoms with Crippen molar-refractivity contribution >= 4 is 39.3 Å². The fourth-order valence-corrected chi connectivity index (χ4v) is 5.78. The van der Waals surface area contributed by atoms with Crippen molar-refractivity contribution in [2.45, 2.75) is 42.3 Å². The fourth-order valence-electron chi connectivity index (χ4n) is 4.03. The summed E-state index contributed by atoms with van der Waals surface area (Å²) in [4.78, 5) is 26.5. The molecule has 3 N–H and O–H groups in total. The zero-order valence-corrected chi connectivity index (χ0v) is 19.5. The van der Waals surface area contributed by atoms with E-state index in [1.807, 2.05) is 0 Å². The van der Waals surface area contributed by atoms with Crippen LogP contribution in [0.25, 0.3) is 0 Å². The van der Waals surface area contributed by atoms with Crippen LogP contribution in [-0.2, 0) is 19.6 Å². The summed E-state index contributed by atoms with van der Waals surface area (Å²) in [6.45, 7) is 2.35. The number of benzene rings is 1. The van der Waals surface area contributed by atoms with Crippen molar-refractivity contribution in [2.24, 2.45) is 10.9 Å². The summed E-state index contributed by atoms with van der Waals surface area (Å²) in [7, 11) is -3.62. The van der Waals surface area contributed by atoms with E-state index < -0.39 is 27.7 Å². The normalized spacial score (nSPS) is 23.0. The number of sulfonamides is 1. The number of amidine groups is 1. The number of halogens is 4. The number of aliphatic carboxylic acids is 1. The third kappa shape index (κ3) is 5.88. The second kappa shape index (κ2) is 10.2. The van der Waals surface area contributed by atoms with Gasteiger partial charge in [-0.1, -0.05) is 17.7 Å². The lowest BCUT2D eigenvalue weighted by Crippen LogP contribution is -2.50. The Morgan fingerprint density at radius 1 is 1.26 bits per heavy atom. The van der Waals surface area contributed by atoms with Gasteiger partial charge in [-0.3, -0.25) is 9.79 Å². The molecular formula is C20H24ClF3N4O5S. The van der Waals surface area contributed by atoms with Crippen molar-refractivity contribution in [3.8, 4) is 0 Å². The maximum absolute atomic E-state index is 12.9. The summed E-state index contributed by atoms with van der Waals surface area (Å²) in [5, 5.41) is 13.8. The Morgan fingerprint density at radius 3 is 2.44 bits per heavy atom. The predicted molar refractivity (Wildman–Crippen MR) is 117 cm³/mol. The average molecular weight is 525 g/mol. The molecule has 3 aliphatic rings. The minimum atomic E-state index is -5.08. The van der Waals surface area contributed by atoms with E-state index in [4.69, 9.17) is 26.5 Å². The number of nitrogens with one attached hydrogen (secondary N) is 2. The number of hydrogen-bond donors (Lipinski definition) is 3. The summed E-state index contributed by atoms with van der Waals surface area (Å²) in [5.41, 5.74) is -0.826. The van der Waals surface area contributed by atoms with E-state index in [-0.39, 0.29) is 29.8 Å². The third-order valence-corrected chi connectivity index (χ3v) is 8.04. The highest BCUT2D eigenvalue weighted by Gasteiger charge is 2.48. The fraction of sp³-hybridized carbons (Fsp3) is 0.550. The molecule has 1 amide bonds. The van der Waals surface area contributed by atoms with E-state index in [0.29, 0.717) is 17.9 Å². The molecule has 1 spiro atoms. The molecule has 14 heteroatoms. The Bertz CT molecular complexity index is 1070. The molecule has 1 atom stereocenters. The lowest BCUT2D eigenvalue weighted by atomic mass is 9.89. The number of piperidine rings is 2. The minimum absolute atomic E-state index is 0.0946. The number of amides is 1. The molecule has 0 radical (unpaired) electrons. The summed E-state index contributed by atoms with van der Waals surface area (Å²) in [6, 6.07) is 6.26. The van der Waals surface area contributed by atoms with Crippen LogP contribution in [0, 0.1) is 5.92 Å². The third-order valence-electron chi connectivity index (χ3n) is 5.91. The van der Waals surface area contributed by atoms with Gasteiger partial charge in [-0.2, -0.15) is 17.5 Å². The number of nitrogens with zero attached hydrogens (tertiary/aromatic N) is 2. The van der Waals surface area contributed by atoms with Gasteiger partial charge in [-0.25, -0.2) is 13.2 Å². The van der Waals surface area contributed by atoms with Crippen LogP contribution in [0.5, 0.6) is 0 Å². The topological polar surface area (TPSA) is 128 Å². The molecule has 1 unspecified atom stereocenters. The van der Waals surface area contributed by atoms with Crippen molar-refractivity contribution < 1.29 is 36.3 Å². The van der Waals surface area contributed by atoms with Gasteiger partial charge in [-0.05, 0) is 50.4 Å². The Labute approximate surface area is 199 Å². The Hall–Kier alpha value is -2.22. The van der Waals surface area contributed by atoms with Gasteiger partial charge in [0.05, 0.1) is 4.90 Å². The number of rotatable bonds is 3. The van der Waals surface area contributed by atoms with Gasteiger partial charge in [0.1, 0.15) is 11.4 Å². The van der Waals surface area contributed by atoms with Gasteiger partial charge in [-0.15, -0.1) is 0 Å². The van der Waals surface area contributed by atoms with Gasteiger partial charge in [0, 0.05) is 30.6 Å². The summed E-state index contributed by atoms with van der Waals surface area (Å²) in [5.74, 6) is -1.86. The second-order valence-electron chi connectivity index (χ2n) is 8.19. The smallest absolute Gasteiger partial charge is 0.475 e. The first kappa shape index (κ1) is 26.4. The Kier molecular flexibility index (Phi) is 7.90. The summed E-state index contributed by atoms with van der Waals surface area (Å²) in [6.07, 6.45) is -2.22. The molecule has 1 aromatic carbocycles. The van der Waals surface area contributed by atoms with Crippen LogP contribution in [0.3, 0.4) is 0 Å². The van der Waals surface area contributed by atoms with Crippen LogP contribution in [0.4, 0.5) is 13.2 Å². The highest BCUT2D eigenvalue weighted by molar-refractivity contribution is 7.89. The SMILES string of the molecule is O=C(O)C(F)(F)F.O=C1NC(C2CCCNC2)=NC12CCN(S(=O)(=O)c1cccc(Cl)c1)CC2. The van der Waals surface area contributed by atoms with Gasteiger partial charge in [0.2, 0.25) is 10.0 Å². The lowest BCUT2D eigenvalue weighted by molar-refractivity contribution is -0.192. The molecule has 0 aliphatic carbocycles. The second-order valence-corrected chi connectivity index (χ2v) is 10.6. The summed E-state index contributed by atoms with van der Waals surface area (Å²) >= 11 is 5.94. The zero-order chi connectivity index (χ0) is 25.1. The van der Waals surface area contributed by atoms with Crippen molar-refractivity contribution in [3.05, 3.63) is 29.3 Å². The van der Waals surface area contributed by atoms with Gasteiger partial charge in [0.25, 0.3) is 5.91 Å². The van der Waals surface area contributed by atoms with Crippen LogP contribution >= 0.6 is 11.6 Å². The molecule has 2 saturated heterocycles. The lowest BCUT2D eigenvalue weighted by Gasteiger charge is -2.34. The van der Waals surface area contributed by atoms with Crippen molar-refractivity contribution in [1.82, 2.24) is 14.9 Å². The maximum atomic E-state index is 12.9.